The second-order valence-corrected chi connectivity index (χ2v) is 6.57. The van der Waals surface area contributed by atoms with E-state index in [-0.39, 0.29) is 12.3 Å². The van der Waals surface area contributed by atoms with Crippen LogP contribution in [0.2, 0.25) is 0 Å². The van der Waals surface area contributed by atoms with E-state index in [1.165, 1.54) is 11.3 Å². The largest absolute Gasteiger partial charge is 0.337 e. The first-order valence-electron chi connectivity index (χ1n) is 5.16. The molecule has 7 heteroatoms. The molecule has 0 aliphatic carbocycles. The zero-order valence-electron chi connectivity index (χ0n) is 9.00. The Hall–Kier alpha value is -0.950. The highest BCUT2D eigenvalue weighted by atomic mass is 32.3. The Morgan fingerprint density at radius 1 is 1.53 bits per heavy atom. The number of nitrogens with zero attached hydrogens (tertiary/aromatic N) is 1. The summed E-state index contributed by atoms with van der Waals surface area (Å²) in [5.74, 6) is -1.08. The topological polar surface area (TPSA) is 54.5 Å². The summed E-state index contributed by atoms with van der Waals surface area (Å²) in [6.45, 7) is 0.805. The maximum absolute atomic E-state index is 12.5. The molecule has 1 atom stereocenters. The van der Waals surface area contributed by atoms with Crippen LogP contribution in [0.4, 0.5) is 3.89 Å². The third kappa shape index (κ3) is 3.50. The Kier molecular flexibility index (Phi) is 3.48. The number of hydrogen-bond donors (Lipinski definition) is 0. The van der Waals surface area contributed by atoms with Gasteiger partial charge in [0.1, 0.15) is 0 Å². The van der Waals surface area contributed by atoms with Crippen molar-refractivity contribution in [1.29, 1.82) is 0 Å². The van der Waals surface area contributed by atoms with Gasteiger partial charge in [0.15, 0.2) is 0 Å². The monoisotopic (exact) mass is 277 g/mol. The second-order valence-electron chi connectivity index (χ2n) is 4.13. The van der Waals surface area contributed by atoms with E-state index in [1.54, 1.807) is 4.90 Å². The third-order valence-corrected chi connectivity index (χ3v) is 4.39. The van der Waals surface area contributed by atoms with E-state index in [2.05, 4.69) is 0 Å². The summed E-state index contributed by atoms with van der Waals surface area (Å²) in [5.41, 5.74) is 0. The Balaban J connectivity index is 1.96. The van der Waals surface area contributed by atoms with Gasteiger partial charge in [-0.15, -0.1) is 15.2 Å². The van der Waals surface area contributed by atoms with Crippen LogP contribution in [0.5, 0.6) is 0 Å². The number of thiophene rings is 1. The molecule has 2 heterocycles. The first kappa shape index (κ1) is 12.5. The average Bonchev–Trinajstić information content (AvgIpc) is 2.75. The van der Waals surface area contributed by atoms with Crippen molar-refractivity contribution < 1.29 is 17.1 Å². The molecule has 94 valence electrons. The molecule has 1 fully saturated rings. The Morgan fingerprint density at radius 3 is 2.88 bits per heavy atom. The van der Waals surface area contributed by atoms with Gasteiger partial charge in [-0.1, -0.05) is 6.07 Å². The fourth-order valence-electron chi connectivity index (χ4n) is 1.99. The van der Waals surface area contributed by atoms with Crippen LogP contribution in [-0.2, 0) is 21.6 Å². The lowest BCUT2D eigenvalue weighted by atomic mass is 10.1. The van der Waals surface area contributed by atoms with Crippen LogP contribution in [-0.4, -0.2) is 31.5 Å². The minimum Gasteiger partial charge on any atom is -0.337 e. The Bertz CT molecular complexity index is 498. The van der Waals surface area contributed by atoms with E-state index in [0.717, 1.165) is 4.88 Å². The molecular formula is C10H12FNO3S2. The molecule has 17 heavy (non-hydrogen) atoms. The van der Waals surface area contributed by atoms with Crippen molar-refractivity contribution in [3.05, 3.63) is 22.4 Å². The van der Waals surface area contributed by atoms with Crippen LogP contribution in [0.1, 0.15) is 11.3 Å². The van der Waals surface area contributed by atoms with Crippen molar-refractivity contribution >= 4 is 27.5 Å². The first-order chi connectivity index (χ1) is 7.94. The molecule has 2 rings (SSSR count). The maximum Gasteiger partial charge on any atom is 0.302 e. The molecule has 1 aliphatic rings. The summed E-state index contributed by atoms with van der Waals surface area (Å²) in [4.78, 5) is 14.2. The van der Waals surface area contributed by atoms with Crippen LogP contribution < -0.4 is 0 Å². The van der Waals surface area contributed by atoms with Crippen molar-refractivity contribution in [3.8, 4) is 0 Å². The average molecular weight is 277 g/mol. The van der Waals surface area contributed by atoms with E-state index in [9.17, 15) is 17.1 Å². The normalized spacial score (nSPS) is 21.1. The van der Waals surface area contributed by atoms with Crippen molar-refractivity contribution in [2.24, 2.45) is 5.92 Å². The van der Waals surface area contributed by atoms with Crippen LogP contribution in [0.3, 0.4) is 0 Å². The van der Waals surface area contributed by atoms with Crippen molar-refractivity contribution in [1.82, 2.24) is 4.90 Å². The van der Waals surface area contributed by atoms with Crippen LogP contribution >= 0.6 is 11.3 Å². The van der Waals surface area contributed by atoms with Gasteiger partial charge in [-0.25, -0.2) is 0 Å². The molecule has 1 aromatic heterocycles. The van der Waals surface area contributed by atoms with E-state index in [0.29, 0.717) is 13.1 Å². The molecule has 0 spiro atoms. The summed E-state index contributed by atoms with van der Waals surface area (Å²) < 4.78 is 33.6. The molecule has 1 saturated heterocycles. The predicted octanol–water partition coefficient (Wildman–Crippen LogP) is 1.40. The molecule has 0 saturated carbocycles. The lowest BCUT2D eigenvalue weighted by Crippen LogP contribution is -2.24. The summed E-state index contributed by atoms with van der Waals surface area (Å²) in [6.07, 6.45) is 0.120. The fourth-order valence-corrected chi connectivity index (χ4v) is 3.50. The molecule has 1 unspecified atom stereocenters. The van der Waals surface area contributed by atoms with Gasteiger partial charge >= 0.3 is 10.2 Å². The number of halogens is 1. The van der Waals surface area contributed by atoms with Crippen molar-refractivity contribution in [2.75, 3.05) is 12.3 Å². The minimum atomic E-state index is -4.49. The van der Waals surface area contributed by atoms with E-state index in [4.69, 9.17) is 0 Å². The zero-order valence-corrected chi connectivity index (χ0v) is 10.6. The highest BCUT2D eigenvalue weighted by molar-refractivity contribution is 7.86. The van der Waals surface area contributed by atoms with E-state index >= 15 is 0 Å². The van der Waals surface area contributed by atoms with Gasteiger partial charge in [-0.2, -0.15) is 8.42 Å². The number of carbonyl (C=O) groups is 1. The van der Waals surface area contributed by atoms with Crippen LogP contribution in [0.15, 0.2) is 17.5 Å². The third-order valence-electron chi connectivity index (χ3n) is 2.66. The number of rotatable bonds is 4. The number of likely N-dealkylation sites (tertiary alicyclic amines) is 1. The van der Waals surface area contributed by atoms with Gasteiger partial charge < -0.3 is 4.90 Å². The zero-order chi connectivity index (χ0) is 12.5. The second kappa shape index (κ2) is 4.73. The van der Waals surface area contributed by atoms with Gasteiger partial charge in [0.2, 0.25) is 5.91 Å². The molecule has 1 aromatic rings. The SMILES string of the molecule is O=C1CC(CS(=O)(=O)F)CN1Cc1cccs1. The van der Waals surface area contributed by atoms with Crippen molar-refractivity contribution in [3.63, 3.8) is 0 Å². The van der Waals surface area contributed by atoms with Gasteiger partial charge in [0.25, 0.3) is 0 Å². The fraction of sp³-hybridized carbons (Fsp3) is 0.500. The highest BCUT2D eigenvalue weighted by Crippen LogP contribution is 2.23. The molecule has 1 amide bonds. The molecule has 0 aromatic carbocycles. The van der Waals surface area contributed by atoms with E-state index in [1.807, 2.05) is 17.5 Å². The number of hydrogen-bond acceptors (Lipinski definition) is 4. The lowest BCUT2D eigenvalue weighted by Gasteiger charge is -2.14. The van der Waals surface area contributed by atoms with Gasteiger partial charge in [-0.05, 0) is 11.4 Å². The Labute approximate surface area is 103 Å². The molecule has 0 radical (unpaired) electrons. The molecule has 4 nitrogen and oxygen atoms in total. The highest BCUT2D eigenvalue weighted by Gasteiger charge is 2.32. The van der Waals surface area contributed by atoms with Gasteiger partial charge in [0, 0.05) is 23.8 Å². The first-order valence-corrected chi connectivity index (χ1v) is 7.60. The summed E-state index contributed by atoms with van der Waals surface area (Å²) in [6, 6.07) is 3.81. The van der Waals surface area contributed by atoms with E-state index < -0.39 is 21.9 Å². The quantitative estimate of drug-likeness (QED) is 0.782. The van der Waals surface area contributed by atoms with Crippen molar-refractivity contribution in [2.45, 2.75) is 13.0 Å². The maximum atomic E-state index is 12.5. The molecule has 0 N–H and O–H groups in total. The van der Waals surface area contributed by atoms with Gasteiger partial charge in [0.05, 0.1) is 12.3 Å². The Morgan fingerprint density at radius 2 is 2.29 bits per heavy atom. The summed E-state index contributed by atoms with van der Waals surface area (Å²) >= 11 is 1.54. The smallest absolute Gasteiger partial charge is 0.302 e. The number of amides is 1. The molecule has 0 bridgehead atoms. The lowest BCUT2D eigenvalue weighted by molar-refractivity contribution is -0.128. The molecule has 1 aliphatic heterocycles. The molecular weight excluding hydrogens is 265 g/mol. The van der Waals surface area contributed by atoms with Gasteiger partial charge in [-0.3, -0.25) is 4.79 Å². The number of carbonyl (C=O) groups excluding carboxylic acids is 1. The van der Waals surface area contributed by atoms with Crippen LogP contribution in [0, 0.1) is 5.92 Å². The predicted molar refractivity (Wildman–Crippen MR) is 62.7 cm³/mol. The standard InChI is InChI=1S/C10H12FNO3S2/c11-17(14,15)7-8-4-10(13)12(5-8)6-9-2-1-3-16-9/h1-3,8H,4-7H2. The summed E-state index contributed by atoms with van der Waals surface area (Å²) in [5, 5.41) is 1.92. The minimum absolute atomic E-state index is 0.105. The summed E-state index contributed by atoms with van der Waals surface area (Å²) in [7, 11) is -4.49. The van der Waals surface area contributed by atoms with Crippen LogP contribution in [0.25, 0.3) is 0 Å².